The number of benzene rings is 1. The van der Waals surface area contributed by atoms with Gasteiger partial charge in [0.25, 0.3) is 0 Å². The fourth-order valence-electron chi connectivity index (χ4n) is 1.59. The molecule has 100 valence electrons. The molecule has 0 bridgehead atoms. The molecule has 0 amide bonds. The van der Waals surface area contributed by atoms with E-state index in [0.717, 1.165) is 18.2 Å². The summed E-state index contributed by atoms with van der Waals surface area (Å²) in [7, 11) is 0. The molecule has 1 heterocycles. The van der Waals surface area contributed by atoms with Gasteiger partial charge >= 0.3 is 6.18 Å². The lowest BCUT2D eigenvalue weighted by Crippen LogP contribution is -2.08. The molecule has 0 saturated heterocycles. The van der Waals surface area contributed by atoms with E-state index in [0.29, 0.717) is 12.1 Å². The second-order valence-corrected chi connectivity index (χ2v) is 3.76. The lowest BCUT2D eigenvalue weighted by Gasteiger charge is -2.10. The van der Waals surface area contributed by atoms with Crippen LogP contribution in [-0.4, -0.2) is 4.98 Å². The van der Waals surface area contributed by atoms with Gasteiger partial charge in [0.05, 0.1) is 16.8 Å². The summed E-state index contributed by atoms with van der Waals surface area (Å²) in [4.78, 5) is 3.54. The molecule has 1 aromatic heterocycles. The summed E-state index contributed by atoms with van der Waals surface area (Å²) in [5.74, 6) is -2.48. The molecule has 2 nitrogen and oxygen atoms in total. The Kier molecular flexibility index (Phi) is 3.13. The Morgan fingerprint density at radius 2 is 1.58 bits per heavy atom. The SMILES string of the molecule is Nc1cc(C(F)(F)F)cc(-c2c(F)cccc2F)n1. The van der Waals surface area contributed by atoms with Crippen LogP contribution in [-0.2, 0) is 6.18 Å². The summed E-state index contributed by atoms with van der Waals surface area (Å²) in [6.07, 6.45) is -4.67. The van der Waals surface area contributed by atoms with Crippen molar-refractivity contribution < 1.29 is 22.0 Å². The minimum absolute atomic E-state index is 0.465. The molecule has 0 radical (unpaired) electrons. The van der Waals surface area contributed by atoms with Crippen molar-refractivity contribution in [2.45, 2.75) is 6.18 Å². The van der Waals surface area contributed by atoms with Crippen LogP contribution in [0.1, 0.15) is 5.56 Å². The third-order valence-corrected chi connectivity index (χ3v) is 2.39. The number of halogens is 5. The predicted octanol–water partition coefficient (Wildman–Crippen LogP) is 3.63. The first-order valence-corrected chi connectivity index (χ1v) is 5.08. The van der Waals surface area contributed by atoms with Gasteiger partial charge in [0.1, 0.15) is 17.5 Å². The lowest BCUT2D eigenvalue weighted by molar-refractivity contribution is -0.137. The van der Waals surface area contributed by atoms with E-state index in [1.54, 1.807) is 0 Å². The van der Waals surface area contributed by atoms with Crippen LogP contribution in [0.2, 0.25) is 0 Å². The van der Waals surface area contributed by atoms with Crippen molar-refractivity contribution >= 4 is 5.82 Å². The van der Waals surface area contributed by atoms with Gasteiger partial charge in [-0.05, 0) is 24.3 Å². The second kappa shape index (κ2) is 4.49. The molecule has 7 heteroatoms. The van der Waals surface area contributed by atoms with E-state index >= 15 is 0 Å². The number of rotatable bonds is 1. The molecule has 19 heavy (non-hydrogen) atoms. The third-order valence-electron chi connectivity index (χ3n) is 2.39. The molecule has 0 atom stereocenters. The molecule has 1 aromatic carbocycles. The quantitative estimate of drug-likeness (QED) is 0.806. The molecule has 2 aromatic rings. The number of anilines is 1. The van der Waals surface area contributed by atoms with Crippen molar-refractivity contribution in [1.82, 2.24) is 4.98 Å². The first-order chi connectivity index (χ1) is 8.79. The number of nitrogens with zero attached hydrogens (tertiary/aromatic N) is 1. The van der Waals surface area contributed by atoms with Crippen LogP contribution in [0.5, 0.6) is 0 Å². The highest BCUT2D eigenvalue weighted by Gasteiger charge is 2.32. The van der Waals surface area contributed by atoms with E-state index in [9.17, 15) is 22.0 Å². The predicted molar refractivity (Wildman–Crippen MR) is 59.0 cm³/mol. The lowest BCUT2D eigenvalue weighted by atomic mass is 10.1. The van der Waals surface area contributed by atoms with Gasteiger partial charge in [-0.1, -0.05) is 6.07 Å². The Labute approximate surface area is 104 Å². The smallest absolute Gasteiger partial charge is 0.384 e. The number of hydrogen-bond acceptors (Lipinski definition) is 2. The first kappa shape index (κ1) is 13.3. The van der Waals surface area contributed by atoms with Crippen molar-refractivity contribution in [2.75, 3.05) is 5.73 Å². The Balaban J connectivity index is 2.67. The Morgan fingerprint density at radius 3 is 2.11 bits per heavy atom. The summed E-state index contributed by atoms with van der Waals surface area (Å²) in [5, 5.41) is 0. The number of alkyl halides is 3. The summed E-state index contributed by atoms with van der Waals surface area (Å²) in [5.41, 5.74) is 2.99. The number of pyridine rings is 1. The summed E-state index contributed by atoms with van der Waals surface area (Å²) in [6, 6.07) is 4.11. The van der Waals surface area contributed by atoms with Crippen molar-refractivity contribution in [3.63, 3.8) is 0 Å². The van der Waals surface area contributed by atoms with Crippen molar-refractivity contribution in [1.29, 1.82) is 0 Å². The van der Waals surface area contributed by atoms with Crippen LogP contribution in [0.15, 0.2) is 30.3 Å². The monoisotopic (exact) mass is 274 g/mol. The van der Waals surface area contributed by atoms with Crippen LogP contribution < -0.4 is 5.73 Å². The average Bonchev–Trinajstić information content (AvgIpc) is 2.26. The van der Waals surface area contributed by atoms with Gasteiger partial charge in [-0.2, -0.15) is 13.2 Å². The van der Waals surface area contributed by atoms with Crippen LogP contribution >= 0.6 is 0 Å². The van der Waals surface area contributed by atoms with Crippen molar-refractivity contribution in [3.8, 4) is 11.3 Å². The van der Waals surface area contributed by atoms with Gasteiger partial charge in [-0.3, -0.25) is 0 Å². The van der Waals surface area contributed by atoms with E-state index in [2.05, 4.69) is 4.98 Å². The Bertz CT molecular complexity index is 602. The van der Waals surface area contributed by atoms with E-state index in [1.807, 2.05) is 0 Å². The summed E-state index contributed by atoms with van der Waals surface area (Å²) >= 11 is 0. The molecule has 2 rings (SSSR count). The molecular weight excluding hydrogens is 267 g/mol. The zero-order chi connectivity index (χ0) is 14.2. The standard InChI is InChI=1S/C12H7F5N2/c13-7-2-1-3-8(14)11(7)9-4-6(12(15,16)17)5-10(18)19-9/h1-5H,(H2,18,19). The van der Waals surface area contributed by atoms with Crippen LogP contribution in [0.3, 0.4) is 0 Å². The van der Waals surface area contributed by atoms with E-state index in [-0.39, 0.29) is 0 Å². The zero-order valence-electron chi connectivity index (χ0n) is 9.30. The fourth-order valence-corrected chi connectivity index (χ4v) is 1.59. The highest BCUT2D eigenvalue weighted by Crippen LogP contribution is 2.34. The molecule has 0 aliphatic heterocycles. The summed E-state index contributed by atoms with van der Waals surface area (Å²) < 4.78 is 64.8. The van der Waals surface area contributed by atoms with Crippen molar-refractivity contribution in [3.05, 3.63) is 47.5 Å². The van der Waals surface area contributed by atoms with Gasteiger partial charge in [0.15, 0.2) is 0 Å². The number of hydrogen-bond donors (Lipinski definition) is 1. The molecule has 0 aliphatic rings. The van der Waals surface area contributed by atoms with Gasteiger partial charge in [-0.15, -0.1) is 0 Å². The van der Waals surface area contributed by atoms with Gasteiger partial charge in [-0.25, -0.2) is 13.8 Å². The van der Waals surface area contributed by atoms with Gasteiger partial charge < -0.3 is 5.73 Å². The largest absolute Gasteiger partial charge is 0.416 e. The highest BCUT2D eigenvalue weighted by molar-refractivity contribution is 5.63. The maximum absolute atomic E-state index is 13.5. The number of aromatic nitrogens is 1. The minimum Gasteiger partial charge on any atom is -0.384 e. The highest BCUT2D eigenvalue weighted by atomic mass is 19.4. The summed E-state index contributed by atoms with van der Waals surface area (Å²) in [6.45, 7) is 0. The Morgan fingerprint density at radius 1 is 1.00 bits per heavy atom. The minimum atomic E-state index is -4.67. The topological polar surface area (TPSA) is 38.9 Å². The molecule has 0 spiro atoms. The van der Waals surface area contributed by atoms with Crippen molar-refractivity contribution in [2.24, 2.45) is 0 Å². The second-order valence-electron chi connectivity index (χ2n) is 3.76. The first-order valence-electron chi connectivity index (χ1n) is 5.08. The number of nitrogen functional groups attached to an aromatic ring is 1. The molecule has 0 saturated carbocycles. The zero-order valence-corrected chi connectivity index (χ0v) is 9.30. The normalized spacial score (nSPS) is 11.6. The van der Waals surface area contributed by atoms with Gasteiger partial charge in [0.2, 0.25) is 0 Å². The van der Waals surface area contributed by atoms with E-state index in [4.69, 9.17) is 5.73 Å². The molecule has 0 unspecified atom stereocenters. The maximum Gasteiger partial charge on any atom is 0.416 e. The van der Waals surface area contributed by atoms with Crippen LogP contribution in [0, 0.1) is 11.6 Å². The Hall–Kier alpha value is -2.18. The average molecular weight is 274 g/mol. The third kappa shape index (κ3) is 2.64. The maximum atomic E-state index is 13.5. The fraction of sp³-hybridized carbons (Fsp3) is 0.0833. The van der Waals surface area contributed by atoms with E-state index < -0.39 is 40.4 Å². The molecule has 0 fully saturated rings. The van der Waals surface area contributed by atoms with Crippen LogP contribution in [0.25, 0.3) is 11.3 Å². The van der Waals surface area contributed by atoms with E-state index in [1.165, 1.54) is 0 Å². The molecule has 0 aliphatic carbocycles. The number of nitrogens with two attached hydrogens (primary N) is 1. The molecular formula is C12H7F5N2. The molecule has 2 N–H and O–H groups in total. The van der Waals surface area contributed by atoms with Crippen LogP contribution in [0.4, 0.5) is 27.8 Å². The van der Waals surface area contributed by atoms with Gasteiger partial charge in [0, 0.05) is 0 Å².